The number of rotatable bonds is 7. The molecule has 4 heteroatoms. The third-order valence-electron chi connectivity index (χ3n) is 4.15. The van der Waals surface area contributed by atoms with Gasteiger partial charge in [0.1, 0.15) is 0 Å². The van der Waals surface area contributed by atoms with Crippen molar-refractivity contribution in [3.8, 4) is 0 Å². The molecule has 1 atom stereocenters. The van der Waals surface area contributed by atoms with Gasteiger partial charge in [-0.1, -0.05) is 26.2 Å². The Hall–Kier alpha value is -0.640. The second kappa shape index (κ2) is 7.96. The minimum absolute atomic E-state index is 0.529. The van der Waals surface area contributed by atoms with Gasteiger partial charge in [-0.15, -0.1) is 0 Å². The summed E-state index contributed by atoms with van der Waals surface area (Å²) in [5, 5.41) is 3.69. The number of nitrogens with zero attached hydrogens (tertiary/aromatic N) is 2. The van der Waals surface area contributed by atoms with E-state index in [4.69, 9.17) is 4.98 Å². The molecule has 0 radical (unpaired) electrons. The highest BCUT2D eigenvalue weighted by molar-refractivity contribution is 7.99. The smallest absolute Gasteiger partial charge is 0.203 e. The molecule has 0 saturated heterocycles. The summed E-state index contributed by atoms with van der Waals surface area (Å²) in [6.45, 7) is 6.63. The molecule has 1 saturated carbocycles. The summed E-state index contributed by atoms with van der Waals surface area (Å²) in [4.78, 5) is 4.70. The van der Waals surface area contributed by atoms with Gasteiger partial charge in [0.25, 0.3) is 0 Å². The van der Waals surface area contributed by atoms with Crippen molar-refractivity contribution in [1.29, 1.82) is 0 Å². The standard InChI is InChI=1S/C16H29N3S/c1-4-20-11-10-14(3)19-12-13(2)17-16(19)18-15-8-6-5-7-9-15/h12,14-15H,4-11H2,1-3H3,(H,17,18). The maximum Gasteiger partial charge on any atom is 0.203 e. The topological polar surface area (TPSA) is 29.9 Å². The van der Waals surface area contributed by atoms with Gasteiger partial charge in [-0.3, -0.25) is 0 Å². The second-order valence-electron chi connectivity index (χ2n) is 5.93. The number of aryl methyl sites for hydroxylation is 1. The van der Waals surface area contributed by atoms with Crippen LogP contribution in [0.1, 0.15) is 64.1 Å². The molecule has 1 N–H and O–H groups in total. The molecule has 2 rings (SSSR count). The van der Waals surface area contributed by atoms with E-state index in [1.807, 2.05) is 11.8 Å². The molecule has 1 heterocycles. The Morgan fingerprint density at radius 2 is 2.15 bits per heavy atom. The van der Waals surface area contributed by atoms with E-state index in [0.29, 0.717) is 12.1 Å². The van der Waals surface area contributed by atoms with E-state index in [0.717, 1.165) is 11.6 Å². The van der Waals surface area contributed by atoms with Crippen LogP contribution in [0.15, 0.2) is 6.20 Å². The van der Waals surface area contributed by atoms with Crippen molar-refractivity contribution >= 4 is 17.7 Å². The van der Waals surface area contributed by atoms with Gasteiger partial charge >= 0.3 is 0 Å². The van der Waals surface area contributed by atoms with E-state index in [2.05, 4.69) is 36.9 Å². The van der Waals surface area contributed by atoms with Crippen LogP contribution < -0.4 is 5.32 Å². The number of thioether (sulfide) groups is 1. The summed E-state index contributed by atoms with van der Waals surface area (Å²) >= 11 is 2.03. The molecule has 3 nitrogen and oxygen atoms in total. The number of hydrogen-bond acceptors (Lipinski definition) is 3. The third-order valence-corrected chi connectivity index (χ3v) is 5.08. The van der Waals surface area contributed by atoms with E-state index >= 15 is 0 Å². The summed E-state index contributed by atoms with van der Waals surface area (Å²) in [5.74, 6) is 3.53. The molecule has 0 spiro atoms. The lowest BCUT2D eigenvalue weighted by atomic mass is 9.96. The Morgan fingerprint density at radius 1 is 1.40 bits per heavy atom. The molecule has 1 aliphatic rings. The van der Waals surface area contributed by atoms with Gasteiger partial charge in [-0.2, -0.15) is 11.8 Å². The van der Waals surface area contributed by atoms with Crippen molar-refractivity contribution < 1.29 is 0 Å². The first-order valence-corrected chi connectivity index (χ1v) is 9.26. The van der Waals surface area contributed by atoms with E-state index in [1.54, 1.807) is 0 Å². The van der Waals surface area contributed by atoms with Crippen LogP contribution in [0.25, 0.3) is 0 Å². The molecule has 1 aromatic heterocycles. The molecule has 1 fully saturated rings. The SMILES string of the molecule is CCSCCC(C)n1cc(C)nc1NC1CCCCC1. The van der Waals surface area contributed by atoms with Gasteiger partial charge in [0, 0.05) is 18.3 Å². The predicted octanol–water partition coefficient (Wildman–Crippen LogP) is 4.64. The fraction of sp³-hybridized carbons (Fsp3) is 0.812. The number of aromatic nitrogens is 2. The highest BCUT2D eigenvalue weighted by atomic mass is 32.2. The Balaban J connectivity index is 1.97. The van der Waals surface area contributed by atoms with Crippen LogP contribution in [0.2, 0.25) is 0 Å². The van der Waals surface area contributed by atoms with E-state index in [-0.39, 0.29) is 0 Å². The summed E-state index contributed by atoms with van der Waals surface area (Å²) < 4.78 is 2.35. The molecule has 0 bridgehead atoms. The summed E-state index contributed by atoms with van der Waals surface area (Å²) in [7, 11) is 0. The van der Waals surface area contributed by atoms with Gasteiger partial charge < -0.3 is 9.88 Å². The van der Waals surface area contributed by atoms with Crippen LogP contribution in [0.4, 0.5) is 5.95 Å². The Labute approximate surface area is 127 Å². The molecule has 0 aromatic carbocycles. The summed E-state index contributed by atoms with van der Waals surface area (Å²) in [6, 6.07) is 1.16. The van der Waals surface area contributed by atoms with Crippen LogP contribution in [-0.2, 0) is 0 Å². The molecule has 20 heavy (non-hydrogen) atoms. The van der Waals surface area contributed by atoms with E-state index in [9.17, 15) is 0 Å². The van der Waals surface area contributed by atoms with Gasteiger partial charge in [-0.05, 0) is 44.6 Å². The molecule has 0 aliphatic heterocycles. The van der Waals surface area contributed by atoms with Gasteiger partial charge in [0.15, 0.2) is 0 Å². The highest BCUT2D eigenvalue weighted by Crippen LogP contribution is 2.25. The zero-order valence-corrected chi connectivity index (χ0v) is 14.0. The quantitative estimate of drug-likeness (QED) is 0.743. The fourth-order valence-electron chi connectivity index (χ4n) is 2.93. The predicted molar refractivity (Wildman–Crippen MR) is 89.8 cm³/mol. The fourth-order valence-corrected chi connectivity index (χ4v) is 3.72. The molecular weight excluding hydrogens is 266 g/mol. The van der Waals surface area contributed by atoms with Gasteiger partial charge in [0.05, 0.1) is 5.69 Å². The molecule has 1 aliphatic carbocycles. The lowest BCUT2D eigenvalue weighted by Gasteiger charge is -2.25. The number of hydrogen-bond donors (Lipinski definition) is 1. The minimum atomic E-state index is 0.529. The van der Waals surface area contributed by atoms with Crippen molar-refractivity contribution in [2.45, 2.75) is 71.4 Å². The van der Waals surface area contributed by atoms with Gasteiger partial charge in [-0.25, -0.2) is 4.98 Å². The zero-order chi connectivity index (χ0) is 14.4. The van der Waals surface area contributed by atoms with Crippen molar-refractivity contribution in [3.05, 3.63) is 11.9 Å². The first-order chi connectivity index (χ1) is 9.70. The minimum Gasteiger partial charge on any atom is -0.353 e. The normalized spacial score (nSPS) is 18.1. The van der Waals surface area contributed by atoms with Crippen molar-refractivity contribution in [1.82, 2.24) is 9.55 Å². The number of anilines is 1. The second-order valence-corrected chi connectivity index (χ2v) is 7.32. The number of nitrogens with one attached hydrogen (secondary N) is 1. The first-order valence-electron chi connectivity index (χ1n) is 8.10. The number of imidazole rings is 1. The van der Waals surface area contributed by atoms with Crippen molar-refractivity contribution in [3.63, 3.8) is 0 Å². The van der Waals surface area contributed by atoms with Crippen LogP contribution in [0.5, 0.6) is 0 Å². The van der Waals surface area contributed by atoms with Crippen LogP contribution in [0.3, 0.4) is 0 Å². The molecule has 0 amide bonds. The molecular formula is C16H29N3S. The van der Waals surface area contributed by atoms with Gasteiger partial charge in [0.2, 0.25) is 5.95 Å². The maximum absolute atomic E-state index is 4.70. The maximum atomic E-state index is 4.70. The highest BCUT2D eigenvalue weighted by Gasteiger charge is 2.17. The Bertz CT molecular complexity index is 396. The lowest BCUT2D eigenvalue weighted by Crippen LogP contribution is -2.25. The van der Waals surface area contributed by atoms with Crippen molar-refractivity contribution in [2.24, 2.45) is 0 Å². The summed E-state index contributed by atoms with van der Waals surface area (Å²) in [6.07, 6.45) is 10.1. The molecule has 1 aromatic rings. The average molecular weight is 295 g/mol. The van der Waals surface area contributed by atoms with E-state index in [1.165, 1.54) is 50.0 Å². The molecule has 114 valence electrons. The van der Waals surface area contributed by atoms with Crippen LogP contribution >= 0.6 is 11.8 Å². The van der Waals surface area contributed by atoms with E-state index < -0.39 is 0 Å². The first kappa shape index (κ1) is 15.7. The third kappa shape index (κ3) is 4.44. The Morgan fingerprint density at radius 3 is 2.85 bits per heavy atom. The van der Waals surface area contributed by atoms with Crippen LogP contribution in [-0.4, -0.2) is 27.1 Å². The average Bonchev–Trinajstić information content (AvgIpc) is 2.81. The Kier molecular flexibility index (Phi) is 6.27. The lowest BCUT2D eigenvalue weighted by molar-refractivity contribution is 0.454. The van der Waals surface area contributed by atoms with Crippen molar-refractivity contribution in [2.75, 3.05) is 16.8 Å². The van der Waals surface area contributed by atoms with Crippen LogP contribution in [0, 0.1) is 6.92 Å². The largest absolute Gasteiger partial charge is 0.353 e. The summed E-state index contributed by atoms with van der Waals surface area (Å²) in [5.41, 5.74) is 1.12. The zero-order valence-electron chi connectivity index (χ0n) is 13.2. The molecule has 1 unspecified atom stereocenters. The monoisotopic (exact) mass is 295 g/mol.